The number of benzene rings is 1. The van der Waals surface area contributed by atoms with E-state index in [1.54, 1.807) is 11.0 Å². The molecule has 3 nitrogen and oxygen atoms in total. The Morgan fingerprint density at radius 1 is 1.28 bits per heavy atom. The van der Waals surface area contributed by atoms with Crippen LogP contribution in [0.25, 0.3) is 0 Å². The van der Waals surface area contributed by atoms with Crippen molar-refractivity contribution in [3.8, 4) is 0 Å². The minimum absolute atomic E-state index is 0.0888. The molecular weight excluding hydrogens is 353 g/mol. The fraction of sp³-hybridized carbons (Fsp3) is 0.611. The summed E-state index contributed by atoms with van der Waals surface area (Å²) in [7, 11) is 0. The first-order valence-electron chi connectivity index (χ1n) is 8.69. The van der Waals surface area contributed by atoms with Crippen LogP contribution in [0.15, 0.2) is 24.3 Å². The molecule has 1 saturated carbocycles. The number of piperazine rings is 1. The van der Waals surface area contributed by atoms with Gasteiger partial charge >= 0.3 is 6.18 Å². The van der Waals surface area contributed by atoms with Crippen LogP contribution >= 0.6 is 11.6 Å². The van der Waals surface area contributed by atoms with E-state index in [-0.39, 0.29) is 24.8 Å². The van der Waals surface area contributed by atoms with Crippen molar-refractivity contribution < 1.29 is 18.0 Å². The SMILES string of the molecule is O=C(C1CCCC(C(F)(F)F)C1)N1CCNCC1c1cccc(Cl)c1. The topological polar surface area (TPSA) is 32.3 Å². The molecule has 3 atom stereocenters. The molecular formula is C18H22ClF3N2O. The van der Waals surface area contributed by atoms with Crippen molar-refractivity contribution in [2.45, 2.75) is 37.9 Å². The minimum atomic E-state index is -4.21. The molecule has 1 aromatic rings. The van der Waals surface area contributed by atoms with Crippen molar-refractivity contribution in [2.24, 2.45) is 11.8 Å². The van der Waals surface area contributed by atoms with Gasteiger partial charge in [-0.3, -0.25) is 4.79 Å². The van der Waals surface area contributed by atoms with Crippen molar-refractivity contribution in [1.29, 1.82) is 0 Å². The molecule has 138 valence electrons. The Labute approximate surface area is 150 Å². The highest BCUT2D eigenvalue weighted by Gasteiger charge is 2.45. The van der Waals surface area contributed by atoms with Gasteiger partial charge in [0.25, 0.3) is 0 Å². The highest BCUT2D eigenvalue weighted by molar-refractivity contribution is 6.30. The summed E-state index contributed by atoms with van der Waals surface area (Å²) in [5.74, 6) is -2.05. The van der Waals surface area contributed by atoms with Gasteiger partial charge in [0.05, 0.1) is 12.0 Å². The quantitative estimate of drug-likeness (QED) is 0.842. The molecule has 0 bridgehead atoms. The number of carbonyl (C=O) groups is 1. The molecule has 2 fully saturated rings. The van der Waals surface area contributed by atoms with Crippen molar-refractivity contribution in [2.75, 3.05) is 19.6 Å². The summed E-state index contributed by atoms with van der Waals surface area (Å²) in [5.41, 5.74) is 0.913. The Balaban J connectivity index is 1.77. The maximum Gasteiger partial charge on any atom is 0.391 e. The lowest BCUT2D eigenvalue weighted by Crippen LogP contribution is -2.51. The molecule has 1 saturated heterocycles. The zero-order chi connectivity index (χ0) is 18.0. The van der Waals surface area contributed by atoms with E-state index in [0.29, 0.717) is 37.5 Å². The van der Waals surface area contributed by atoms with Crippen LogP contribution in [0.3, 0.4) is 0 Å². The third kappa shape index (κ3) is 4.29. The lowest BCUT2D eigenvalue weighted by Gasteiger charge is -2.40. The molecule has 1 N–H and O–H groups in total. The highest BCUT2D eigenvalue weighted by Crippen LogP contribution is 2.41. The van der Waals surface area contributed by atoms with Crippen LogP contribution in [0.5, 0.6) is 0 Å². The molecule has 3 rings (SSSR count). The predicted octanol–water partition coefficient (Wildman–Crippen LogP) is 4.18. The molecule has 1 aliphatic heterocycles. The average molecular weight is 375 g/mol. The Morgan fingerprint density at radius 3 is 2.80 bits per heavy atom. The van der Waals surface area contributed by atoms with Crippen LogP contribution in [-0.2, 0) is 4.79 Å². The van der Waals surface area contributed by atoms with E-state index >= 15 is 0 Å². The number of hydrogen-bond acceptors (Lipinski definition) is 2. The third-order valence-corrected chi connectivity index (χ3v) is 5.48. The predicted molar refractivity (Wildman–Crippen MR) is 90.3 cm³/mol. The maximum atomic E-state index is 13.1. The van der Waals surface area contributed by atoms with Crippen LogP contribution in [0.2, 0.25) is 5.02 Å². The zero-order valence-corrected chi connectivity index (χ0v) is 14.6. The second kappa shape index (κ2) is 7.54. The van der Waals surface area contributed by atoms with E-state index in [1.165, 1.54) is 0 Å². The fourth-order valence-electron chi connectivity index (χ4n) is 3.93. The Morgan fingerprint density at radius 2 is 2.08 bits per heavy atom. The standard InChI is InChI=1S/C18H22ClF3N2O/c19-15-6-2-3-12(10-15)16-11-23-7-8-24(16)17(25)13-4-1-5-14(9-13)18(20,21)22/h2-3,6,10,13-14,16,23H,1,4-5,7-9,11H2. The molecule has 0 radical (unpaired) electrons. The van der Waals surface area contributed by atoms with Crippen LogP contribution in [0, 0.1) is 11.8 Å². The van der Waals surface area contributed by atoms with Gasteiger partial charge in [-0.2, -0.15) is 13.2 Å². The summed E-state index contributed by atoms with van der Waals surface area (Å²) in [5, 5.41) is 3.84. The van der Waals surface area contributed by atoms with Crippen molar-refractivity contribution in [3.63, 3.8) is 0 Å². The lowest BCUT2D eigenvalue weighted by molar-refractivity contribution is -0.187. The largest absolute Gasteiger partial charge is 0.391 e. The van der Waals surface area contributed by atoms with Crippen LogP contribution in [0.1, 0.15) is 37.3 Å². The van der Waals surface area contributed by atoms with E-state index in [2.05, 4.69) is 5.32 Å². The molecule has 1 aromatic carbocycles. The molecule has 1 heterocycles. The van der Waals surface area contributed by atoms with E-state index < -0.39 is 18.0 Å². The van der Waals surface area contributed by atoms with Crippen molar-refractivity contribution >= 4 is 17.5 Å². The van der Waals surface area contributed by atoms with Gasteiger partial charge in [-0.05, 0) is 37.0 Å². The second-order valence-corrected chi connectivity index (χ2v) is 7.35. The molecule has 0 spiro atoms. The van der Waals surface area contributed by atoms with Crippen LogP contribution in [0.4, 0.5) is 13.2 Å². The molecule has 25 heavy (non-hydrogen) atoms. The summed E-state index contributed by atoms with van der Waals surface area (Å²) in [6.45, 7) is 1.74. The fourth-order valence-corrected chi connectivity index (χ4v) is 4.12. The summed E-state index contributed by atoms with van der Waals surface area (Å²) in [6.07, 6.45) is -3.18. The Bertz CT molecular complexity index is 623. The second-order valence-electron chi connectivity index (χ2n) is 6.91. The Hall–Kier alpha value is -1.27. The van der Waals surface area contributed by atoms with Gasteiger partial charge in [0.1, 0.15) is 0 Å². The Kier molecular flexibility index (Phi) is 5.58. The number of halogens is 4. The molecule has 7 heteroatoms. The van der Waals surface area contributed by atoms with E-state index in [1.807, 2.05) is 18.2 Å². The van der Waals surface area contributed by atoms with Gasteiger partial charge in [0.2, 0.25) is 5.91 Å². The van der Waals surface area contributed by atoms with Gasteiger partial charge in [-0.1, -0.05) is 30.2 Å². The third-order valence-electron chi connectivity index (χ3n) is 5.25. The van der Waals surface area contributed by atoms with E-state index in [0.717, 1.165) is 5.56 Å². The maximum absolute atomic E-state index is 13.1. The first-order valence-corrected chi connectivity index (χ1v) is 9.07. The van der Waals surface area contributed by atoms with Gasteiger partial charge in [0.15, 0.2) is 0 Å². The monoisotopic (exact) mass is 374 g/mol. The molecule has 0 aromatic heterocycles. The normalized spacial score (nSPS) is 28.0. The molecule has 2 aliphatic rings. The van der Waals surface area contributed by atoms with Gasteiger partial charge < -0.3 is 10.2 Å². The smallest absolute Gasteiger partial charge is 0.333 e. The molecule has 1 amide bonds. The van der Waals surface area contributed by atoms with Gasteiger partial charge in [-0.15, -0.1) is 0 Å². The zero-order valence-electron chi connectivity index (χ0n) is 13.9. The summed E-state index contributed by atoms with van der Waals surface area (Å²) < 4.78 is 39.2. The highest BCUT2D eigenvalue weighted by atomic mass is 35.5. The van der Waals surface area contributed by atoms with Gasteiger partial charge in [-0.25, -0.2) is 0 Å². The lowest BCUT2D eigenvalue weighted by atomic mass is 9.80. The first kappa shape index (κ1) is 18.5. The average Bonchev–Trinajstić information content (AvgIpc) is 2.60. The number of nitrogens with zero attached hydrogens (tertiary/aromatic N) is 1. The number of carbonyl (C=O) groups excluding carboxylic acids is 1. The number of amides is 1. The summed E-state index contributed by atoms with van der Waals surface area (Å²) >= 11 is 6.06. The van der Waals surface area contributed by atoms with Gasteiger partial charge in [0, 0.05) is 30.6 Å². The number of nitrogens with one attached hydrogen (secondary N) is 1. The van der Waals surface area contributed by atoms with Crippen molar-refractivity contribution in [1.82, 2.24) is 10.2 Å². The van der Waals surface area contributed by atoms with Crippen molar-refractivity contribution in [3.05, 3.63) is 34.9 Å². The number of alkyl halides is 3. The molecule has 1 aliphatic carbocycles. The van der Waals surface area contributed by atoms with E-state index in [9.17, 15) is 18.0 Å². The summed E-state index contributed by atoms with van der Waals surface area (Å²) in [6, 6.07) is 7.13. The van der Waals surface area contributed by atoms with Crippen LogP contribution < -0.4 is 5.32 Å². The van der Waals surface area contributed by atoms with E-state index in [4.69, 9.17) is 11.6 Å². The summed E-state index contributed by atoms with van der Waals surface area (Å²) in [4.78, 5) is 14.7. The minimum Gasteiger partial charge on any atom is -0.333 e. The number of hydrogen-bond donors (Lipinski definition) is 1. The number of rotatable bonds is 2. The molecule has 3 unspecified atom stereocenters. The first-order chi connectivity index (χ1) is 11.9. The van der Waals surface area contributed by atoms with Crippen LogP contribution in [-0.4, -0.2) is 36.6 Å².